The Kier molecular flexibility index (Phi) is 3.10. The SMILES string of the molecule is O=c1cn[nH]c(=S)n1/N=C/c1cccc(O)c1. The number of nitrogens with zero attached hydrogens (tertiary/aromatic N) is 3. The van der Waals surface area contributed by atoms with E-state index < -0.39 is 5.56 Å². The zero-order chi connectivity index (χ0) is 12.3. The van der Waals surface area contributed by atoms with Crippen LogP contribution in [0.3, 0.4) is 0 Å². The Morgan fingerprint density at radius 3 is 3.06 bits per heavy atom. The molecule has 0 amide bonds. The summed E-state index contributed by atoms with van der Waals surface area (Å²) in [6.07, 6.45) is 2.50. The van der Waals surface area contributed by atoms with E-state index >= 15 is 0 Å². The molecule has 1 aromatic carbocycles. The summed E-state index contributed by atoms with van der Waals surface area (Å²) in [4.78, 5) is 11.4. The molecule has 0 radical (unpaired) electrons. The van der Waals surface area contributed by atoms with Crippen LogP contribution in [0.4, 0.5) is 0 Å². The first-order valence-electron chi connectivity index (χ1n) is 4.67. The fourth-order valence-corrected chi connectivity index (χ4v) is 1.37. The molecule has 0 saturated heterocycles. The van der Waals surface area contributed by atoms with Crippen LogP contribution >= 0.6 is 12.2 Å². The zero-order valence-electron chi connectivity index (χ0n) is 8.57. The van der Waals surface area contributed by atoms with Crippen molar-refractivity contribution in [2.45, 2.75) is 0 Å². The molecule has 2 rings (SSSR count). The molecule has 0 aliphatic rings. The van der Waals surface area contributed by atoms with Gasteiger partial charge in [0.2, 0.25) is 4.77 Å². The van der Waals surface area contributed by atoms with Gasteiger partial charge in [-0.3, -0.25) is 9.89 Å². The summed E-state index contributed by atoms with van der Waals surface area (Å²) < 4.78 is 1.11. The molecule has 0 spiro atoms. The quantitative estimate of drug-likeness (QED) is 0.610. The van der Waals surface area contributed by atoms with E-state index in [2.05, 4.69) is 15.3 Å². The molecule has 1 heterocycles. The average molecular weight is 248 g/mol. The summed E-state index contributed by atoms with van der Waals surface area (Å²) in [5.74, 6) is 0.126. The van der Waals surface area contributed by atoms with E-state index in [1.54, 1.807) is 18.2 Å². The molecule has 0 aliphatic carbocycles. The van der Waals surface area contributed by atoms with Crippen molar-refractivity contribution >= 4 is 18.4 Å². The van der Waals surface area contributed by atoms with Crippen LogP contribution in [0.5, 0.6) is 5.75 Å². The van der Waals surface area contributed by atoms with Crippen LogP contribution in [-0.2, 0) is 0 Å². The van der Waals surface area contributed by atoms with Gasteiger partial charge in [-0.2, -0.15) is 14.9 Å². The lowest BCUT2D eigenvalue weighted by atomic mass is 10.2. The lowest BCUT2D eigenvalue weighted by Crippen LogP contribution is -2.18. The Labute approximate surface area is 101 Å². The third-order valence-corrected chi connectivity index (χ3v) is 2.19. The third kappa shape index (κ3) is 2.64. The molecule has 2 N–H and O–H groups in total. The molecule has 0 fully saturated rings. The van der Waals surface area contributed by atoms with Crippen molar-refractivity contribution in [1.82, 2.24) is 14.9 Å². The highest BCUT2D eigenvalue weighted by Crippen LogP contribution is 2.08. The number of aromatic nitrogens is 3. The van der Waals surface area contributed by atoms with Crippen molar-refractivity contribution in [2.24, 2.45) is 5.10 Å². The van der Waals surface area contributed by atoms with Gasteiger partial charge in [0.25, 0.3) is 5.56 Å². The smallest absolute Gasteiger partial charge is 0.293 e. The van der Waals surface area contributed by atoms with Gasteiger partial charge >= 0.3 is 0 Å². The molecule has 0 bridgehead atoms. The van der Waals surface area contributed by atoms with Crippen molar-refractivity contribution in [3.8, 4) is 5.75 Å². The van der Waals surface area contributed by atoms with Gasteiger partial charge in [-0.25, -0.2) is 0 Å². The maximum absolute atomic E-state index is 11.4. The normalized spacial score (nSPS) is 10.8. The number of nitrogens with one attached hydrogen (secondary N) is 1. The Balaban J connectivity index is 2.39. The summed E-state index contributed by atoms with van der Waals surface area (Å²) >= 11 is 4.86. The number of rotatable bonds is 2. The van der Waals surface area contributed by atoms with Crippen LogP contribution in [0.1, 0.15) is 5.56 Å². The van der Waals surface area contributed by atoms with E-state index in [-0.39, 0.29) is 10.5 Å². The fraction of sp³-hybridized carbons (Fsp3) is 0. The molecule has 7 heteroatoms. The van der Waals surface area contributed by atoms with Crippen molar-refractivity contribution < 1.29 is 5.11 Å². The second kappa shape index (κ2) is 4.71. The predicted octanol–water partition coefficient (Wildman–Crippen LogP) is 0.889. The first-order valence-corrected chi connectivity index (χ1v) is 5.08. The monoisotopic (exact) mass is 248 g/mol. The Bertz CT molecular complexity index is 646. The van der Waals surface area contributed by atoms with E-state index in [9.17, 15) is 9.90 Å². The van der Waals surface area contributed by atoms with Gasteiger partial charge in [0, 0.05) is 0 Å². The fourth-order valence-electron chi connectivity index (χ4n) is 1.18. The average Bonchev–Trinajstić information content (AvgIpc) is 2.28. The number of hydrogen-bond donors (Lipinski definition) is 2. The minimum absolute atomic E-state index is 0.105. The summed E-state index contributed by atoms with van der Waals surface area (Å²) in [5, 5.41) is 19.2. The minimum atomic E-state index is -0.426. The molecule has 86 valence electrons. The first kappa shape index (κ1) is 11.2. The Morgan fingerprint density at radius 1 is 1.53 bits per heavy atom. The molecule has 6 nitrogen and oxygen atoms in total. The summed E-state index contributed by atoms with van der Waals surface area (Å²) in [7, 11) is 0. The van der Waals surface area contributed by atoms with E-state index in [1.807, 2.05) is 0 Å². The molecule has 0 aliphatic heterocycles. The zero-order valence-corrected chi connectivity index (χ0v) is 9.39. The van der Waals surface area contributed by atoms with Crippen LogP contribution in [0.15, 0.2) is 40.4 Å². The number of phenols is 1. The molecule has 0 unspecified atom stereocenters. The van der Waals surface area contributed by atoms with Crippen molar-refractivity contribution in [1.29, 1.82) is 0 Å². The maximum atomic E-state index is 11.4. The van der Waals surface area contributed by atoms with Crippen molar-refractivity contribution in [2.75, 3.05) is 0 Å². The van der Waals surface area contributed by atoms with Gasteiger partial charge in [-0.15, -0.1) is 0 Å². The van der Waals surface area contributed by atoms with Crippen LogP contribution in [0, 0.1) is 4.77 Å². The minimum Gasteiger partial charge on any atom is -0.508 e. The van der Waals surface area contributed by atoms with E-state index in [4.69, 9.17) is 12.2 Å². The van der Waals surface area contributed by atoms with Crippen LogP contribution < -0.4 is 5.56 Å². The largest absolute Gasteiger partial charge is 0.508 e. The lowest BCUT2D eigenvalue weighted by Gasteiger charge is -1.97. The molecule has 2 aromatic rings. The topological polar surface area (TPSA) is 83.3 Å². The van der Waals surface area contributed by atoms with Crippen molar-refractivity contribution in [3.63, 3.8) is 0 Å². The summed E-state index contributed by atoms with van der Waals surface area (Å²) in [5.41, 5.74) is 0.230. The van der Waals surface area contributed by atoms with Crippen LogP contribution in [0.25, 0.3) is 0 Å². The second-order valence-corrected chi connectivity index (χ2v) is 3.55. The first-order chi connectivity index (χ1) is 8.16. The molecular weight excluding hydrogens is 240 g/mol. The molecule has 1 aromatic heterocycles. The van der Waals surface area contributed by atoms with Gasteiger partial charge in [0.1, 0.15) is 11.9 Å². The highest BCUT2D eigenvalue weighted by atomic mass is 32.1. The molecule has 0 atom stereocenters. The number of benzene rings is 1. The summed E-state index contributed by atoms with van der Waals surface area (Å²) in [6, 6.07) is 6.47. The number of phenolic OH excluding ortho intramolecular Hbond substituents is 1. The number of aromatic hydroxyl groups is 1. The highest BCUT2D eigenvalue weighted by molar-refractivity contribution is 7.71. The number of hydrogen-bond acceptors (Lipinski definition) is 5. The lowest BCUT2D eigenvalue weighted by molar-refractivity contribution is 0.475. The van der Waals surface area contributed by atoms with Gasteiger partial charge in [0.15, 0.2) is 0 Å². The summed E-state index contributed by atoms with van der Waals surface area (Å²) in [6.45, 7) is 0. The standard InChI is InChI=1S/C10H8N4O2S/c15-8-3-1-2-7(4-8)5-12-14-9(16)6-11-13-10(14)17/h1-6,15H,(H,13,17)/b12-5+. The molecule has 0 saturated carbocycles. The maximum Gasteiger partial charge on any atom is 0.293 e. The second-order valence-electron chi connectivity index (χ2n) is 3.16. The van der Waals surface area contributed by atoms with E-state index in [1.165, 1.54) is 12.3 Å². The van der Waals surface area contributed by atoms with Crippen LogP contribution in [0.2, 0.25) is 0 Å². The van der Waals surface area contributed by atoms with Gasteiger partial charge < -0.3 is 5.11 Å². The highest BCUT2D eigenvalue weighted by Gasteiger charge is 1.95. The van der Waals surface area contributed by atoms with Crippen molar-refractivity contribution in [3.05, 3.63) is 51.2 Å². The van der Waals surface area contributed by atoms with Gasteiger partial charge in [-0.1, -0.05) is 12.1 Å². The third-order valence-electron chi connectivity index (χ3n) is 1.93. The number of aromatic amines is 1. The van der Waals surface area contributed by atoms with Crippen LogP contribution in [-0.4, -0.2) is 26.2 Å². The number of H-pyrrole nitrogens is 1. The van der Waals surface area contributed by atoms with Gasteiger partial charge in [-0.05, 0) is 29.9 Å². The molecule has 17 heavy (non-hydrogen) atoms. The predicted molar refractivity (Wildman–Crippen MR) is 64.8 cm³/mol. The Morgan fingerprint density at radius 2 is 2.35 bits per heavy atom. The van der Waals surface area contributed by atoms with E-state index in [0.29, 0.717) is 5.56 Å². The molecular formula is C10H8N4O2S. The Hall–Kier alpha value is -2.28. The van der Waals surface area contributed by atoms with Gasteiger partial charge in [0.05, 0.1) is 6.21 Å². The van der Waals surface area contributed by atoms with E-state index in [0.717, 1.165) is 10.9 Å².